The van der Waals surface area contributed by atoms with Crippen molar-refractivity contribution >= 4 is 10.1 Å². The fourth-order valence-corrected chi connectivity index (χ4v) is 5.54. The number of likely N-dealkylation sites (tertiary alicyclic amines) is 1. The van der Waals surface area contributed by atoms with E-state index < -0.39 is 10.1 Å². The van der Waals surface area contributed by atoms with Crippen LogP contribution in [0, 0.1) is 17.8 Å². The standard InChI is InChI=1S/C19H29NO3S/c1-15-5-7-17(8-6-15)24(21,22)23-16-9-10-19(3)14-20(4)12-11-18(19,2)13-16/h5-8,16H,9-14H2,1-4H3/t16-,18+,19+/m1/s1. The number of piperidine rings is 1. The van der Waals surface area contributed by atoms with Gasteiger partial charge in [-0.15, -0.1) is 0 Å². The van der Waals surface area contributed by atoms with Crippen molar-refractivity contribution in [2.45, 2.75) is 57.5 Å². The minimum atomic E-state index is -3.68. The van der Waals surface area contributed by atoms with Crippen molar-refractivity contribution in [2.24, 2.45) is 10.8 Å². The molecule has 2 fully saturated rings. The number of benzene rings is 1. The first kappa shape index (κ1) is 17.9. The second-order valence-corrected chi connectivity index (χ2v) is 9.91. The number of hydrogen-bond acceptors (Lipinski definition) is 4. The quantitative estimate of drug-likeness (QED) is 0.781. The topological polar surface area (TPSA) is 46.6 Å². The first-order valence-electron chi connectivity index (χ1n) is 8.82. The second-order valence-electron chi connectivity index (χ2n) is 8.34. The minimum Gasteiger partial charge on any atom is -0.306 e. The SMILES string of the molecule is Cc1ccc(S(=O)(=O)O[C@@H]2CC[C@@]3(C)CN(C)CC[C@@]3(C)C2)cc1. The summed E-state index contributed by atoms with van der Waals surface area (Å²) in [4.78, 5) is 2.65. The molecule has 0 spiro atoms. The highest BCUT2D eigenvalue weighted by atomic mass is 32.2. The monoisotopic (exact) mass is 351 g/mol. The zero-order valence-electron chi connectivity index (χ0n) is 15.2. The summed E-state index contributed by atoms with van der Waals surface area (Å²) < 4.78 is 30.8. The first-order chi connectivity index (χ1) is 11.1. The van der Waals surface area contributed by atoms with Crippen LogP contribution in [-0.4, -0.2) is 39.6 Å². The van der Waals surface area contributed by atoms with Crippen molar-refractivity contribution in [1.82, 2.24) is 4.90 Å². The highest BCUT2D eigenvalue weighted by Crippen LogP contribution is 2.55. The predicted molar refractivity (Wildman–Crippen MR) is 95.4 cm³/mol. The van der Waals surface area contributed by atoms with Gasteiger partial charge in [-0.1, -0.05) is 31.5 Å². The summed E-state index contributed by atoms with van der Waals surface area (Å²) in [5.41, 5.74) is 1.43. The number of hydrogen-bond donors (Lipinski definition) is 0. The number of rotatable bonds is 3. The Morgan fingerprint density at radius 2 is 1.79 bits per heavy atom. The van der Waals surface area contributed by atoms with Gasteiger partial charge in [0, 0.05) is 6.54 Å². The normalized spacial score (nSPS) is 34.8. The van der Waals surface area contributed by atoms with E-state index in [4.69, 9.17) is 4.18 Å². The lowest BCUT2D eigenvalue weighted by Crippen LogP contribution is -2.55. The van der Waals surface area contributed by atoms with Gasteiger partial charge < -0.3 is 4.90 Å². The maximum atomic E-state index is 12.6. The molecule has 1 heterocycles. The van der Waals surface area contributed by atoms with E-state index in [0.717, 1.165) is 44.3 Å². The van der Waals surface area contributed by atoms with Gasteiger partial charge in [0.1, 0.15) is 0 Å². The molecule has 2 aliphatic rings. The summed E-state index contributed by atoms with van der Waals surface area (Å²) >= 11 is 0. The molecule has 0 radical (unpaired) electrons. The molecule has 0 amide bonds. The molecule has 1 aromatic rings. The summed E-state index contributed by atoms with van der Waals surface area (Å²) in [6.45, 7) is 8.77. The molecule has 1 aliphatic carbocycles. The van der Waals surface area contributed by atoms with Crippen LogP contribution in [0.2, 0.25) is 0 Å². The fraction of sp³-hybridized carbons (Fsp3) is 0.684. The van der Waals surface area contributed by atoms with Crippen molar-refractivity contribution in [3.05, 3.63) is 29.8 Å². The predicted octanol–water partition coefficient (Wildman–Crippen LogP) is 3.60. The fourth-order valence-electron chi connectivity index (χ4n) is 4.44. The molecular weight excluding hydrogens is 322 g/mol. The van der Waals surface area contributed by atoms with E-state index in [1.165, 1.54) is 0 Å². The van der Waals surface area contributed by atoms with Crippen molar-refractivity contribution < 1.29 is 12.6 Å². The van der Waals surface area contributed by atoms with E-state index in [9.17, 15) is 8.42 Å². The third kappa shape index (κ3) is 3.26. The van der Waals surface area contributed by atoms with Crippen LogP contribution in [0.3, 0.4) is 0 Å². The molecule has 1 aliphatic heterocycles. The van der Waals surface area contributed by atoms with Gasteiger partial charge in [0.25, 0.3) is 10.1 Å². The van der Waals surface area contributed by atoms with Gasteiger partial charge in [0.05, 0.1) is 11.0 Å². The van der Waals surface area contributed by atoms with E-state index in [0.29, 0.717) is 0 Å². The van der Waals surface area contributed by atoms with E-state index in [2.05, 4.69) is 25.8 Å². The maximum absolute atomic E-state index is 12.6. The Hall–Kier alpha value is -0.910. The third-order valence-corrected chi connectivity index (χ3v) is 7.77. The van der Waals surface area contributed by atoms with Crippen molar-refractivity contribution in [2.75, 3.05) is 20.1 Å². The van der Waals surface area contributed by atoms with Crippen molar-refractivity contribution in [3.8, 4) is 0 Å². The molecule has 0 N–H and O–H groups in total. The Morgan fingerprint density at radius 3 is 2.46 bits per heavy atom. The van der Waals surface area contributed by atoms with Crippen molar-refractivity contribution in [1.29, 1.82) is 0 Å². The second kappa shape index (κ2) is 6.11. The highest BCUT2D eigenvalue weighted by Gasteiger charge is 2.52. The Bertz CT molecular complexity index is 700. The lowest BCUT2D eigenvalue weighted by Gasteiger charge is -2.57. The van der Waals surface area contributed by atoms with Crippen LogP contribution in [0.15, 0.2) is 29.2 Å². The van der Waals surface area contributed by atoms with Gasteiger partial charge in [-0.3, -0.25) is 4.18 Å². The lowest BCUT2D eigenvalue weighted by molar-refractivity contribution is -0.0877. The number of fused-ring (bicyclic) bond motifs is 1. The smallest absolute Gasteiger partial charge is 0.297 e. The number of nitrogens with zero attached hydrogens (tertiary/aromatic N) is 1. The summed E-state index contributed by atoms with van der Waals surface area (Å²) in [5.74, 6) is 0. The summed E-state index contributed by atoms with van der Waals surface area (Å²) in [6.07, 6.45) is 3.54. The van der Waals surface area contributed by atoms with Gasteiger partial charge >= 0.3 is 0 Å². The van der Waals surface area contributed by atoms with Gasteiger partial charge in [-0.2, -0.15) is 8.42 Å². The minimum absolute atomic E-state index is 0.144. The zero-order chi connectivity index (χ0) is 17.6. The van der Waals surface area contributed by atoms with Gasteiger partial charge in [0.15, 0.2) is 0 Å². The largest absolute Gasteiger partial charge is 0.306 e. The molecule has 24 heavy (non-hydrogen) atoms. The molecule has 0 bridgehead atoms. The molecule has 3 rings (SSSR count). The Kier molecular flexibility index (Phi) is 4.56. The van der Waals surface area contributed by atoms with Gasteiger partial charge in [0.2, 0.25) is 0 Å². The van der Waals surface area contributed by atoms with Crippen LogP contribution in [0.5, 0.6) is 0 Å². The molecule has 0 aromatic heterocycles. The Balaban J connectivity index is 1.75. The molecule has 4 nitrogen and oxygen atoms in total. The van der Waals surface area contributed by atoms with Crippen LogP contribution in [0.25, 0.3) is 0 Å². The molecule has 3 atom stereocenters. The van der Waals surface area contributed by atoms with E-state index in [1.54, 1.807) is 12.1 Å². The molecule has 1 saturated carbocycles. The van der Waals surface area contributed by atoms with Crippen LogP contribution in [0.1, 0.15) is 45.1 Å². The first-order valence-corrected chi connectivity index (χ1v) is 10.2. The van der Waals surface area contributed by atoms with Crippen LogP contribution in [-0.2, 0) is 14.3 Å². The van der Waals surface area contributed by atoms with Crippen molar-refractivity contribution in [3.63, 3.8) is 0 Å². The molecule has 0 unspecified atom stereocenters. The molecular formula is C19H29NO3S. The van der Waals surface area contributed by atoms with Crippen LogP contribution >= 0.6 is 0 Å². The average molecular weight is 352 g/mol. The van der Waals surface area contributed by atoms with Gasteiger partial charge in [-0.05, 0) is 69.2 Å². The lowest BCUT2D eigenvalue weighted by atomic mass is 9.54. The average Bonchev–Trinajstić information content (AvgIpc) is 2.49. The van der Waals surface area contributed by atoms with E-state index >= 15 is 0 Å². The molecule has 1 aromatic carbocycles. The van der Waals surface area contributed by atoms with E-state index in [1.807, 2.05) is 19.1 Å². The molecule has 5 heteroatoms. The summed E-state index contributed by atoms with van der Waals surface area (Å²) in [7, 11) is -1.51. The Morgan fingerprint density at radius 1 is 1.12 bits per heavy atom. The summed E-state index contributed by atoms with van der Waals surface area (Å²) in [6, 6.07) is 6.89. The maximum Gasteiger partial charge on any atom is 0.297 e. The van der Waals surface area contributed by atoms with Crippen LogP contribution in [0.4, 0.5) is 0 Å². The van der Waals surface area contributed by atoms with Gasteiger partial charge in [-0.25, -0.2) is 0 Å². The Labute approximate surface area is 146 Å². The number of aryl methyl sites for hydroxylation is 1. The highest BCUT2D eigenvalue weighted by molar-refractivity contribution is 7.86. The van der Waals surface area contributed by atoms with Crippen LogP contribution < -0.4 is 0 Å². The molecule has 1 saturated heterocycles. The molecule has 134 valence electrons. The zero-order valence-corrected chi connectivity index (χ0v) is 16.0. The van der Waals surface area contributed by atoms with E-state index in [-0.39, 0.29) is 21.8 Å². The third-order valence-electron chi connectivity index (χ3n) is 6.39. The summed E-state index contributed by atoms with van der Waals surface area (Å²) in [5, 5.41) is 0.